The van der Waals surface area contributed by atoms with Gasteiger partial charge in [0.15, 0.2) is 11.0 Å². The Hall–Kier alpha value is -3.01. The molecule has 0 radical (unpaired) electrons. The van der Waals surface area contributed by atoms with Crippen LogP contribution in [0.5, 0.6) is 5.75 Å². The van der Waals surface area contributed by atoms with Crippen LogP contribution in [0.25, 0.3) is 11.4 Å². The predicted molar refractivity (Wildman–Crippen MR) is 125 cm³/mol. The third-order valence-electron chi connectivity index (χ3n) is 5.56. The second kappa shape index (κ2) is 10.5. The molecule has 0 unspecified atom stereocenters. The predicted octanol–water partition coefficient (Wildman–Crippen LogP) is 6.04. The molecule has 4 rings (SSSR count). The largest absolute Gasteiger partial charge is 0.490 e. The van der Waals surface area contributed by atoms with E-state index in [1.54, 1.807) is 0 Å². The zero-order valence-electron chi connectivity index (χ0n) is 18.6. The van der Waals surface area contributed by atoms with Crippen molar-refractivity contribution < 1.29 is 22.7 Å². The van der Waals surface area contributed by atoms with Crippen molar-refractivity contribution in [3.63, 3.8) is 0 Å². The van der Waals surface area contributed by atoms with Crippen LogP contribution >= 0.6 is 11.8 Å². The Morgan fingerprint density at radius 2 is 1.88 bits per heavy atom. The summed E-state index contributed by atoms with van der Waals surface area (Å²) < 4.78 is 46.5. The van der Waals surface area contributed by atoms with Crippen molar-refractivity contribution in [2.24, 2.45) is 0 Å². The first-order valence-corrected chi connectivity index (χ1v) is 12.1. The molecule has 0 bridgehead atoms. The number of hydrogen-bond acceptors (Lipinski definition) is 5. The van der Waals surface area contributed by atoms with Crippen LogP contribution in [-0.4, -0.2) is 32.5 Å². The molecule has 34 heavy (non-hydrogen) atoms. The molecule has 1 aliphatic rings. The summed E-state index contributed by atoms with van der Waals surface area (Å²) in [6, 6.07) is 12.3. The van der Waals surface area contributed by atoms with Crippen LogP contribution in [0.2, 0.25) is 0 Å². The maximum atomic E-state index is 12.9. The zero-order chi connectivity index (χ0) is 24.1. The van der Waals surface area contributed by atoms with Crippen molar-refractivity contribution >= 4 is 23.4 Å². The standard InChI is InChI=1S/C24H25F3N4O2S/c1-2-31-22(16-10-12-20(13-11-16)33-19-8-3-4-9-19)29-30-23(31)34-15-21(32)28-18-7-5-6-17(14-18)24(25,26)27/h5-7,10-14,19H,2-4,8-9,15H2,1H3,(H,28,32). The molecule has 10 heteroatoms. The lowest BCUT2D eigenvalue weighted by Gasteiger charge is -2.13. The van der Waals surface area contributed by atoms with Crippen LogP contribution in [0.4, 0.5) is 18.9 Å². The summed E-state index contributed by atoms with van der Waals surface area (Å²) >= 11 is 1.18. The number of aromatic nitrogens is 3. The Balaban J connectivity index is 1.38. The van der Waals surface area contributed by atoms with E-state index in [1.807, 2.05) is 35.8 Å². The van der Waals surface area contributed by atoms with Gasteiger partial charge in [-0.2, -0.15) is 13.2 Å². The van der Waals surface area contributed by atoms with E-state index < -0.39 is 17.6 Å². The van der Waals surface area contributed by atoms with E-state index in [0.29, 0.717) is 17.5 Å². The first-order valence-electron chi connectivity index (χ1n) is 11.1. The van der Waals surface area contributed by atoms with Crippen LogP contribution in [-0.2, 0) is 17.5 Å². The second-order valence-electron chi connectivity index (χ2n) is 8.01. The number of alkyl halides is 3. The molecule has 1 amide bonds. The van der Waals surface area contributed by atoms with Crippen LogP contribution in [0.1, 0.15) is 38.2 Å². The first kappa shape index (κ1) is 24.1. The number of anilines is 1. The number of hydrogen-bond donors (Lipinski definition) is 1. The minimum atomic E-state index is -4.47. The van der Waals surface area contributed by atoms with Crippen LogP contribution in [0.15, 0.2) is 53.7 Å². The average molecular weight is 491 g/mol. The fourth-order valence-corrected chi connectivity index (χ4v) is 4.68. The van der Waals surface area contributed by atoms with Gasteiger partial charge in [0.2, 0.25) is 5.91 Å². The number of carbonyl (C=O) groups excluding carboxylic acids is 1. The summed E-state index contributed by atoms with van der Waals surface area (Å²) in [5.41, 5.74) is 0.166. The number of ether oxygens (including phenoxy) is 1. The fourth-order valence-electron chi connectivity index (χ4n) is 3.88. The fraction of sp³-hybridized carbons (Fsp3) is 0.375. The number of nitrogens with zero attached hydrogens (tertiary/aromatic N) is 3. The number of nitrogens with one attached hydrogen (secondary N) is 1. The highest BCUT2D eigenvalue weighted by Crippen LogP contribution is 2.31. The quantitative estimate of drug-likeness (QED) is 0.390. The second-order valence-corrected chi connectivity index (χ2v) is 8.96. The van der Waals surface area contributed by atoms with Gasteiger partial charge in [-0.1, -0.05) is 17.8 Å². The SMILES string of the molecule is CCn1c(SCC(=O)Nc2cccc(C(F)(F)F)c2)nnc1-c1ccc(OC2CCCC2)cc1. The topological polar surface area (TPSA) is 69.0 Å². The number of carbonyl (C=O) groups is 1. The van der Waals surface area contributed by atoms with Crippen molar-refractivity contribution in [2.75, 3.05) is 11.1 Å². The third kappa shape index (κ3) is 5.91. The van der Waals surface area contributed by atoms with E-state index in [0.717, 1.165) is 36.3 Å². The van der Waals surface area contributed by atoms with E-state index in [2.05, 4.69) is 15.5 Å². The summed E-state index contributed by atoms with van der Waals surface area (Å²) in [6.45, 7) is 2.55. The lowest BCUT2D eigenvalue weighted by atomic mass is 10.2. The number of halogens is 3. The van der Waals surface area contributed by atoms with Gasteiger partial charge in [-0.05, 0) is 75.1 Å². The molecule has 1 N–H and O–H groups in total. The van der Waals surface area contributed by atoms with Gasteiger partial charge in [-0.25, -0.2) is 0 Å². The highest BCUT2D eigenvalue weighted by Gasteiger charge is 2.30. The smallest absolute Gasteiger partial charge is 0.416 e. The van der Waals surface area contributed by atoms with Crippen LogP contribution < -0.4 is 10.1 Å². The van der Waals surface area contributed by atoms with E-state index in [9.17, 15) is 18.0 Å². The molecule has 180 valence electrons. The number of benzene rings is 2. The van der Waals surface area contributed by atoms with Crippen LogP contribution in [0.3, 0.4) is 0 Å². The van der Waals surface area contributed by atoms with Gasteiger partial charge in [0.05, 0.1) is 17.4 Å². The van der Waals surface area contributed by atoms with Gasteiger partial charge in [0.25, 0.3) is 0 Å². The molecule has 1 heterocycles. The Morgan fingerprint density at radius 1 is 1.15 bits per heavy atom. The Morgan fingerprint density at radius 3 is 2.56 bits per heavy atom. The van der Waals surface area contributed by atoms with Crippen LogP contribution in [0, 0.1) is 0 Å². The van der Waals surface area contributed by atoms with Crippen molar-refractivity contribution in [2.45, 2.75) is 56.6 Å². The Labute approximate surface area is 199 Å². The van der Waals surface area contributed by atoms with E-state index in [-0.39, 0.29) is 17.5 Å². The molecule has 1 saturated carbocycles. The number of amides is 1. The normalized spacial score (nSPS) is 14.4. The molecule has 6 nitrogen and oxygen atoms in total. The molecule has 0 spiro atoms. The molecule has 0 saturated heterocycles. The molecule has 3 aromatic rings. The molecular weight excluding hydrogens is 465 g/mol. The lowest BCUT2D eigenvalue weighted by molar-refractivity contribution is -0.137. The molecule has 1 aromatic heterocycles. The van der Waals surface area contributed by atoms with E-state index >= 15 is 0 Å². The molecule has 1 aliphatic carbocycles. The third-order valence-corrected chi connectivity index (χ3v) is 6.52. The van der Waals surface area contributed by atoms with Crippen molar-refractivity contribution in [1.82, 2.24) is 14.8 Å². The van der Waals surface area contributed by atoms with E-state index in [1.165, 1.54) is 36.7 Å². The van der Waals surface area contributed by atoms with Crippen molar-refractivity contribution in [3.8, 4) is 17.1 Å². The molecule has 2 aromatic carbocycles. The van der Waals surface area contributed by atoms with Crippen molar-refractivity contribution in [1.29, 1.82) is 0 Å². The lowest BCUT2D eigenvalue weighted by Crippen LogP contribution is -2.15. The summed E-state index contributed by atoms with van der Waals surface area (Å²) in [7, 11) is 0. The molecular formula is C24H25F3N4O2S. The Bertz CT molecular complexity index is 1130. The van der Waals surface area contributed by atoms with Gasteiger partial charge in [0.1, 0.15) is 5.75 Å². The summed E-state index contributed by atoms with van der Waals surface area (Å²) in [5.74, 6) is 1.07. The van der Waals surface area contributed by atoms with Gasteiger partial charge in [-0.3, -0.25) is 4.79 Å². The van der Waals surface area contributed by atoms with Gasteiger partial charge in [-0.15, -0.1) is 10.2 Å². The Kier molecular flexibility index (Phi) is 7.45. The number of thioether (sulfide) groups is 1. The van der Waals surface area contributed by atoms with Gasteiger partial charge in [0, 0.05) is 17.8 Å². The minimum absolute atomic E-state index is 0.0114. The number of rotatable bonds is 8. The highest BCUT2D eigenvalue weighted by atomic mass is 32.2. The minimum Gasteiger partial charge on any atom is -0.490 e. The summed E-state index contributed by atoms with van der Waals surface area (Å²) in [6.07, 6.45) is 0.420. The van der Waals surface area contributed by atoms with E-state index in [4.69, 9.17) is 4.74 Å². The average Bonchev–Trinajstić information content (AvgIpc) is 3.47. The summed E-state index contributed by atoms with van der Waals surface area (Å²) in [4.78, 5) is 12.3. The summed E-state index contributed by atoms with van der Waals surface area (Å²) in [5, 5.41) is 11.6. The zero-order valence-corrected chi connectivity index (χ0v) is 19.5. The molecule has 0 atom stereocenters. The van der Waals surface area contributed by atoms with Crippen molar-refractivity contribution in [3.05, 3.63) is 54.1 Å². The van der Waals surface area contributed by atoms with Gasteiger partial charge >= 0.3 is 6.18 Å². The maximum Gasteiger partial charge on any atom is 0.416 e. The maximum absolute atomic E-state index is 12.9. The molecule has 1 fully saturated rings. The highest BCUT2D eigenvalue weighted by molar-refractivity contribution is 7.99. The molecule has 0 aliphatic heterocycles. The van der Waals surface area contributed by atoms with Gasteiger partial charge < -0.3 is 14.6 Å². The first-order chi connectivity index (χ1) is 16.3. The monoisotopic (exact) mass is 490 g/mol.